The molecule has 0 amide bonds. The molecule has 0 aliphatic rings. The summed E-state index contributed by atoms with van der Waals surface area (Å²) in [4.78, 5) is 0. The van der Waals surface area contributed by atoms with Crippen molar-refractivity contribution >= 4 is 160 Å². The van der Waals surface area contributed by atoms with Crippen LogP contribution in [0.4, 0.5) is 0 Å². The average Bonchev–Trinajstić information content (AvgIpc) is 2.24. The minimum atomic E-state index is 0.407. The zero-order chi connectivity index (χ0) is 55.5. The van der Waals surface area contributed by atoms with Crippen molar-refractivity contribution in [3.63, 3.8) is 0 Å². The highest BCUT2D eigenvalue weighted by molar-refractivity contribution is 7.26. The average molecular weight is 1120 g/mol. The van der Waals surface area contributed by atoms with Gasteiger partial charge in [0, 0.05) is 104 Å². The topological polar surface area (TPSA) is 86.2 Å². The first-order chi connectivity index (χ1) is 41.5. The van der Waals surface area contributed by atoms with Crippen LogP contribution in [0.5, 0.6) is 0 Å². The summed E-state index contributed by atoms with van der Waals surface area (Å²) in [5.74, 6) is 0. The van der Waals surface area contributed by atoms with Crippen molar-refractivity contribution in [1.82, 2.24) is 13.7 Å². The maximum absolute atomic E-state index is 12.7. The highest BCUT2D eigenvalue weighted by Gasteiger charge is 2.35. The molecule has 0 unspecified atom stereocenters. The number of fused-ring (bicyclic) bond motifs is 18. The summed E-state index contributed by atoms with van der Waals surface area (Å²) >= 11 is 5.37. The summed E-state index contributed by atoms with van der Waals surface area (Å²) in [6, 6.07) is 89.6. The Kier molecular flexibility index (Phi) is 9.81. The Morgan fingerprint density at radius 2 is 0.583 bits per heavy atom. The largest absolute Gasteiger partial charge is 0.306 e. The number of aromatic nitrogens is 3. The third-order valence-corrected chi connectivity index (χ3v) is 20.7. The van der Waals surface area contributed by atoms with E-state index in [-0.39, 0.29) is 0 Å². The van der Waals surface area contributed by atoms with Gasteiger partial charge in [-0.15, -0.1) is 34.0 Å². The van der Waals surface area contributed by atoms with E-state index < -0.39 is 0 Å². The fourth-order valence-electron chi connectivity index (χ4n) is 13.8. The molecule has 84 heavy (non-hydrogen) atoms. The summed E-state index contributed by atoms with van der Waals surface area (Å²) in [7, 11) is 0. The van der Waals surface area contributed by atoms with Crippen molar-refractivity contribution in [2.75, 3.05) is 0 Å². The number of hydrogen-bond acceptors (Lipinski definition) is 6. The number of thiophene rings is 3. The normalized spacial score (nSPS) is 12.0. The van der Waals surface area contributed by atoms with Gasteiger partial charge in [-0.1, -0.05) is 133 Å². The van der Waals surface area contributed by atoms with Crippen LogP contribution in [0, 0.1) is 34.0 Å². The molecule has 0 saturated carbocycles. The van der Waals surface area contributed by atoms with E-state index in [9.17, 15) is 15.8 Å². The van der Waals surface area contributed by atoms with Gasteiger partial charge in [-0.25, -0.2) is 0 Å². The second-order valence-corrected chi connectivity index (χ2v) is 24.9. The van der Waals surface area contributed by atoms with Gasteiger partial charge < -0.3 is 13.7 Å². The van der Waals surface area contributed by atoms with Crippen LogP contribution in [-0.4, -0.2) is 13.7 Å². The first-order valence-corrected chi connectivity index (χ1v) is 30.2. The van der Waals surface area contributed by atoms with Gasteiger partial charge in [-0.2, -0.15) is 15.8 Å². The van der Waals surface area contributed by atoms with Gasteiger partial charge in [-0.05, 0) is 108 Å². The lowest BCUT2D eigenvalue weighted by Gasteiger charge is -2.29. The van der Waals surface area contributed by atoms with Crippen molar-refractivity contribution in [2.24, 2.45) is 0 Å². The molecule has 6 nitrogen and oxygen atoms in total. The van der Waals surface area contributed by atoms with Crippen LogP contribution >= 0.6 is 34.0 Å². The lowest BCUT2D eigenvalue weighted by atomic mass is 9.86. The predicted octanol–water partition coefficient (Wildman–Crippen LogP) is 21.0. The van der Waals surface area contributed by atoms with E-state index in [2.05, 4.69) is 214 Å². The van der Waals surface area contributed by atoms with Crippen LogP contribution in [0.25, 0.3) is 165 Å². The van der Waals surface area contributed by atoms with E-state index in [1.54, 1.807) is 34.0 Å². The van der Waals surface area contributed by atoms with Gasteiger partial charge in [-0.3, -0.25) is 0 Å². The molecule has 0 bridgehead atoms. The van der Waals surface area contributed by atoms with Gasteiger partial charge in [0.2, 0.25) is 0 Å². The molecular formula is C75H38N6S3. The molecule has 0 aliphatic carbocycles. The number of para-hydroxylation sites is 3. The first-order valence-electron chi connectivity index (χ1n) is 27.7. The van der Waals surface area contributed by atoms with Crippen LogP contribution in [-0.2, 0) is 0 Å². The summed E-state index contributed by atoms with van der Waals surface area (Å²) in [5, 5.41) is 48.0. The van der Waals surface area contributed by atoms with E-state index in [0.717, 1.165) is 96.6 Å². The minimum absolute atomic E-state index is 0.407. The van der Waals surface area contributed by atoms with E-state index in [0.29, 0.717) is 38.9 Å². The molecule has 0 radical (unpaired) electrons. The Balaban J connectivity index is 1.17. The van der Waals surface area contributed by atoms with Gasteiger partial charge in [0.05, 0.1) is 79.0 Å². The van der Waals surface area contributed by atoms with E-state index in [1.165, 1.54) is 46.4 Å². The first kappa shape index (κ1) is 46.9. The predicted molar refractivity (Wildman–Crippen MR) is 353 cm³/mol. The van der Waals surface area contributed by atoms with E-state index >= 15 is 0 Å². The Hall–Kier alpha value is -10.8. The lowest BCUT2D eigenvalue weighted by molar-refractivity contribution is 1.05. The molecule has 0 N–H and O–H groups in total. The van der Waals surface area contributed by atoms with Gasteiger partial charge in [0.1, 0.15) is 6.07 Å². The van der Waals surface area contributed by atoms with Crippen LogP contribution in [0.3, 0.4) is 0 Å². The van der Waals surface area contributed by atoms with Crippen LogP contribution in [0.2, 0.25) is 0 Å². The second kappa shape index (κ2) is 17.6. The summed E-state index contributed by atoms with van der Waals surface area (Å²) in [6.07, 6.45) is 0. The number of benzene rings is 12. The molecule has 6 aromatic heterocycles. The molecule has 0 aliphatic heterocycles. The Labute approximate surface area is 490 Å². The Morgan fingerprint density at radius 1 is 0.250 bits per heavy atom. The zero-order valence-corrected chi connectivity index (χ0v) is 46.8. The summed E-state index contributed by atoms with van der Waals surface area (Å²) in [5.41, 5.74) is 12.3. The zero-order valence-electron chi connectivity index (χ0n) is 44.3. The molecule has 9 heteroatoms. The molecule has 0 saturated heterocycles. The molecule has 18 aromatic rings. The lowest BCUT2D eigenvalue weighted by Crippen LogP contribution is -2.14. The van der Waals surface area contributed by atoms with Crippen molar-refractivity contribution in [3.05, 3.63) is 247 Å². The fourth-order valence-corrected chi connectivity index (χ4v) is 17.2. The molecule has 18 rings (SSSR count). The highest BCUT2D eigenvalue weighted by atomic mass is 32.1. The molecule has 6 heterocycles. The monoisotopic (exact) mass is 1120 g/mol. The summed E-state index contributed by atoms with van der Waals surface area (Å²) < 4.78 is 14.4. The van der Waals surface area contributed by atoms with Crippen molar-refractivity contribution in [3.8, 4) is 57.5 Å². The van der Waals surface area contributed by atoms with Gasteiger partial charge in [0.15, 0.2) is 0 Å². The Bertz CT molecular complexity index is 5840. The number of nitriles is 3. The third-order valence-electron chi connectivity index (χ3n) is 17.3. The second-order valence-electron chi connectivity index (χ2n) is 21.6. The number of rotatable bonds is 5. The van der Waals surface area contributed by atoms with E-state index in [4.69, 9.17) is 0 Å². The number of nitrogens with zero attached hydrogens (tertiary/aromatic N) is 6. The van der Waals surface area contributed by atoms with Crippen LogP contribution in [0.15, 0.2) is 231 Å². The highest BCUT2D eigenvalue weighted by Crippen LogP contribution is 2.54. The van der Waals surface area contributed by atoms with Gasteiger partial charge in [0.25, 0.3) is 0 Å². The molecular weight excluding hydrogens is 1080 g/mol. The quantitative estimate of drug-likeness (QED) is 0.172. The van der Waals surface area contributed by atoms with Crippen molar-refractivity contribution in [2.45, 2.75) is 0 Å². The number of hydrogen-bond donors (Lipinski definition) is 0. The fraction of sp³-hybridized carbons (Fsp3) is 0. The maximum Gasteiger partial charge on any atom is 0.101 e. The Morgan fingerprint density at radius 3 is 0.940 bits per heavy atom. The third kappa shape index (κ3) is 6.45. The van der Waals surface area contributed by atoms with Crippen molar-refractivity contribution in [1.29, 1.82) is 15.8 Å². The van der Waals surface area contributed by atoms with Crippen LogP contribution < -0.4 is 0 Å². The maximum atomic E-state index is 12.7. The smallest absolute Gasteiger partial charge is 0.101 e. The standard InChI is InChI=1S/C75H38N6S3/c76-39-42-15-13-17-44(31-42)71-58(41-78)72(45-18-14-16-43(32-45)40-77)74(80-60-26-8-2-20-47(60)53-34-56-50-23-5-11-29-66(50)83-69(56)37-63(53)80)75(81-61-27-9-3-21-48(61)54-35-57-51-24-6-12-30-67(51)84-70(57)38-64(54)81)73(71)79-59-25-7-1-19-46(59)52-33-55-49-22-4-10-28-65(49)82-68(55)36-62(52)79/h1-38H. The van der Waals surface area contributed by atoms with Gasteiger partial charge >= 0.3 is 0 Å². The van der Waals surface area contributed by atoms with Crippen molar-refractivity contribution < 1.29 is 0 Å². The molecule has 0 atom stereocenters. The summed E-state index contributed by atoms with van der Waals surface area (Å²) in [6.45, 7) is 0. The van der Waals surface area contributed by atoms with Crippen LogP contribution in [0.1, 0.15) is 16.7 Å². The minimum Gasteiger partial charge on any atom is -0.306 e. The molecule has 0 fully saturated rings. The van der Waals surface area contributed by atoms with E-state index in [1.807, 2.05) is 48.5 Å². The molecule has 386 valence electrons. The molecule has 0 spiro atoms. The molecule has 12 aromatic carbocycles. The SMILES string of the molecule is N#Cc1cccc(-c2c(C#N)c(-c3cccc(C#N)c3)c(-n3c4ccccc4c4cc5c(cc43)sc3ccccc35)c(-n3c4ccccc4c4cc5c(cc43)sc3ccccc35)c2-n2c3ccccc3c3cc4c(cc32)sc2ccccc24)c1.